The maximum absolute atomic E-state index is 12.1. The fraction of sp³-hybridized carbons (Fsp3) is 0.222. The molecule has 4 nitrogen and oxygen atoms in total. The summed E-state index contributed by atoms with van der Waals surface area (Å²) in [5, 5.41) is 5.79. The van der Waals surface area contributed by atoms with Crippen molar-refractivity contribution in [1.82, 2.24) is 10.3 Å². The lowest BCUT2D eigenvalue weighted by atomic mass is 10.1. The number of hydrogen-bond acceptors (Lipinski definition) is 4. The van der Waals surface area contributed by atoms with Crippen molar-refractivity contribution in [1.29, 1.82) is 0 Å². The molecule has 0 radical (unpaired) electrons. The number of nitrogens with one attached hydrogen (secondary N) is 1. The number of benzene rings is 1. The highest BCUT2D eigenvalue weighted by Crippen LogP contribution is 2.23. The normalized spacial score (nSPS) is 10.7. The van der Waals surface area contributed by atoms with Gasteiger partial charge in [-0.1, -0.05) is 30.3 Å². The van der Waals surface area contributed by atoms with Gasteiger partial charge >= 0.3 is 0 Å². The SMILES string of the molecule is Cc1nc(-c2ccc(C(=O)NCCCc3ccccc3)o2)cs1. The summed E-state index contributed by atoms with van der Waals surface area (Å²) in [6, 6.07) is 13.7. The van der Waals surface area contributed by atoms with Crippen molar-refractivity contribution in [3.8, 4) is 11.5 Å². The molecular weight excluding hydrogens is 308 g/mol. The molecule has 0 saturated carbocycles. The Hall–Kier alpha value is -2.40. The third-order valence-electron chi connectivity index (χ3n) is 3.47. The lowest BCUT2D eigenvalue weighted by Gasteiger charge is -2.03. The van der Waals surface area contributed by atoms with Gasteiger partial charge in [0.2, 0.25) is 0 Å². The van der Waals surface area contributed by atoms with E-state index in [1.165, 1.54) is 5.56 Å². The van der Waals surface area contributed by atoms with Gasteiger partial charge in [-0.15, -0.1) is 11.3 Å². The van der Waals surface area contributed by atoms with E-state index in [-0.39, 0.29) is 5.91 Å². The Morgan fingerprint density at radius 3 is 2.78 bits per heavy atom. The van der Waals surface area contributed by atoms with Crippen molar-refractivity contribution >= 4 is 17.2 Å². The van der Waals surface area contributed by atoms with Crippen LogP contribution in [-0.2, 0) is 6.42 Å². The zero-order valence-electron chi connectivity index (χ0n) is 12.9. The first-order valence-corrected chi connectivity index (χ1v) is 8.45. The molecule has 5 heteroatoms. The summed E-state index contributed by atoms with van der Waals surface area (Å²) in [7, 11) is 0. The van der Waals surface area contributed by atoms with E-state index in [0.717, 1.165) is 23.5 Å². The van der Waals surface area contributed by atoms with E-state index in [4.69, 9.17) is 4.42 Å². The second-order valence-electron chi connectivity index (χ2n) is 5.26. The van der Waals surface area contributed by atoms with Crippen LogP contribution >= 0.6 is 11.3 Å². The molecule has 0 aliphatic heterocycles. The first kappa shape index (κ1) is 15.5. The molecule has 0 unspecified atom stereocenters. The van der Waals surface area contributed by atoms with E-state index in [9.17, 15) is 4.79 Å². The maximum atomic E-state index is 12.1. The first-order valence-electron chi connectivity index (χ1n) is 7.57. The number of carbonyl (C=O) groups excluding carboxylic acids is 1. The lowest BCUT2D eigenvalue weighted by molar-refractivity contribution is 0.0926. The third-order valence-corrected chi connectivity index (χ3v) is 4.25. The summed E-state index contributed by atoms with van der Waals surface area (Å²) in [6.45, 7) is 2.57. The second kappa shape index (κ2) is 7.24. The molecular formula is C18H18N2O2S. The van der Waals surface area contributed by atoms with Gasteiger partial charge in [-0.25, -0.2) is 4.98 Å². The Morgan fingerprint density at radius 2 is 2.04 bits per heavy atom. The molecule has 2 heterocycles. The molecule has 0 fully saturated rings. The van der Waals surface area contributed by atoms with Crippen molar-refractivity contribution in [2.45, 2.75) is 19.8 Å². The van der Waals surface area contributed by atoms with Gasteiger partial charge in [0.25, 0.3) is 5.91 Å². The fourth-order valence-electron chi connectivity index (χ4n) is 2.30. The summed E-state index contributed by atoms with van der Waals surface area (Å²) in [4.78, 5) is 16.4. The number of furan rings is 1. The van der Waals surface area contributed by atoms with Crippen LogP contribution in [0.5, 0.6) is 0 Å². The van der Waals surface area contributed by atoms with Crippen LogP contribution < -0.4 is 5.32 Å². The van der Waals surface area contributed by atoms with E-state index >= 15 is 0 Å². The molecule has 1 aromatic carbocycles. The van der Waals surface area contributed by atoms with E-state index in [0.29, 0.717) is 18.1 Å². The minimum absolute atomic E-state index is 0.184. The van der Waals surface area contributed by atoms with Crippen molar-refractivity contribution in [3.63, 3.8) is 0 Å². The van der Waals surface area contributed by atoms with E-state index < -0.39 is 0 Å². The zero-order chi connectivity index (χ0) is 16.1. The number of aryl methyl sites for hydroxylation is 2. The first-order chi connectivity index (χ1) is 11.2. The topological polar surface area (TPSA) is 55.1 Å². The fourth-order valence-corrected chi connectivity index (χ4v) is 2.90. The molecule has 23 heavy (non-hydrogen) atoms. The number of aromatic nitrogens is 1. The molecule has 1 amide bonds. The Balaban J connectivity index is 1.50. The van der Waals surface area contributed by atoms with Crippen LogP contribution in [0.3, 0.4) is 0 Å². The Kier molecular flexibility index (Phi) is 4.88. The van der Waals surface area contributed by atoms with E-state index in [1.54, 1.807) is 23.5 Å². The second-order valence-corrected chi connectivity index (χ2v) is 6.32. The lowest BCUT2D eigenvalue weighted by Crippen LogP contribution is -2.24. The largest absolute Gasteiger partial charge is 0.449 e. The Bertz CT molecular complexity index is 777. The molecule has 3 aromatic rings. The van der Waals surface area contributed by atoms with E-state index in [2.05, 4.69) is 22.4 Å². The molecule has 118 valence electrons. The van der Waals surface area contributed by atoms with Crippen LogP contribution in [0.25, 0.3) is 11.5 Å². The van der Waals surface area contributed by atoms with Crippen molar-refractivity contribution in [3.05, 3.63) is 64.2 Å². The number of amides is 1. The van der Waals surface area contributed by atoms with Crippen LogP contribution in [-0.4, -0.2) is 17.4 Å². The van der Waals surface area contributed by atoms with Gasteiger partial charge in [-0.05, 0) is 37.5 Å². The number of nitrogens with zero attached hydrogens (tertiary/aromatic N) is 1. The van der Waals surface area contributed by atoms with Gasteiger partial charge in [0.15, 0.2) is 11.5 Å². The highest BCUT2D eigenvalue weighted by molar-refractivity contribution is 7.09. The van der Waals surface area contributed by atoms with Crippen LogP contribution in [0.15, 0.2) is 52.3 Å². The van der Waals surface area contributed by atoms with Crippen LogP contribution in [0, 0.1) is 6.92 Å². The maximum Gasteiger partial charge on any atom is 0.287 e. The minimum atomic E-state index is -0.184. The predicted molar refractivity (Wildman–Crippen MR) is 91.6 cm³/mol. The summed E-state index contributed by atoms with van der Waals surface area (Å²) >= 11 is 1.56. The molecule has 0 bridgehead atoms. The third kappa shape index (κ3) is 4.07. The Labute approximate surface area is 139 Å². The number of hydrogen-bond donors (Lipinski definition) is 1. The van der Waals surface area contributed by atoms with Crippen molar-refractivity contribution < 1.29 is 9.21 Å². The van der Waals surface area contributed by atoms with Gasteiger partial charge in [-0.2, -0.15) is 0 Å². The molecule has 0 atom stereocenters. The van der Waals surface area contributed by atoms with Crippen molar-refractivity contribution in [2.24, 2.45) is 0 Å². The quantitative estimate of drug-likeness (QED) is 0.695. The van der Waals surface area contributed by atoms with Gasteiger partial charge in [0.1, 0.15) is 5.69 Å². The summed E-state index contributed by atoms with van der Waals surface area (Å²) < 4.78 is 5.59. The summed E-state index contributed by atoms with van der Waals surface area (Å²) in [5.74, 6) is 0.769. The molecule has 3 rings (SSSR count). The Morgan fingerprint density at radius 1 is 1.22 bits per heavy atom. The highest BCUT2D eigenvalue weighted by atomic mass is 32.1. The van der Waals surface area contributed by atoms with E-state index in [1.807, 2.05) is 30.5 Å². The van der Waals surface area contributed by atoms with Gasteiger partial charge in [0.05, 0.1) is 5.01 Å². The molecule has 2 aromatic heterocycles. The standard InChI is InChI=1S/C18H18N2O2S/c1-13-20-15(12-23-13)16-9-10-17(22-16)18(21)19-11-5-8-14-6-3-2-4-7-14/h2-4,6-7,9-10,12H,5,8,11H2,1H3,(H,19,21). The number of carbonyl (C=O) groups is 1. The number of thiazole rings is 1. The van der Waals surface area contributed by atoms with Crippen LogP contribution in [0.2, 0.25) is 0 Å². The average Bonchev–Trinajstić information content (AvgIpc) is 3.21. The molecule has 0 aliphatic rings. The summed E-state index contributed by atoms with van der Waals surface area (Å²) in [5.41, 5.74) is 2.05. The monoisotopic (exact) mass is 326 g/mol. The minimum Gasteiger partial charge on any atom is -0.449 e. The van der Waals surface area contributed by atoms with Gasteiger partial charge < -0.3 is 9.73 Å². The molecule has 0 saturated heterocycles. The predicted octanol–water partition coefficient (Wildman–Crippen LogP) is 4.07. The summed E-state index contributed by atoms with van der Waals surface area (Å²) in [6.07, 6.45) is 1.84. The zero-order valence-corrected chi connectivity index (χ0v) is 13.7. The number of rotatable bonds is 6. The van der Waals surface area contributed by atoms with Gasteiger partial charge in [0, 0.05) is 11.9 Å². The molecule has 1 N–H and O–H groups in total. The van der Waals surface area contributed by atoms with Gasteiger partial charge in [-0.3, -0.25) is 4.79 Å². The highest BCUT2D eigenvalue weighted by Gasteiger charge is 2.13. The van der Waals surface area contributed by atoms with Crippen LogP contribution in [0.1, 0.15) is 27.5 Å². The van der Waals surface area contributed by atoms with Crippen LogP contribution in [0.4, 0.5) is 0 Å². The smallest absolute Gasteiger partial charge is 0.287 e. The molecule has 0 aliphatic carbocycles. The molecule has 0 spiro atoms. The van der Waals surface area contributed by atoms with Crippen molar-refractivity contribution in [2.75, 3.05) is 6.54 Å². The average molecular weight is 326 g/mol.